The van der Waals surface area contributed by atoms with Crippen LogP contribution in [0.25, 0.3) is 0 Å². The van der Waals surface area contributed by atoms with E-state index in [2.05, 4.69) is 30.9 Å². The van der Waals surface area contributed by atoms with Crippen molar-refractivity contribution in [3.63, 3.8) is 0 Å². The Kier molecular flexibility index (Phi) is 3.02. The molecule has 0 unspecified atom stereocenters. The molecule has 1 aliphatic rings. The Labute approximate surface area is 91.4 Å². The van der Waals surface area contributed by atoms with E-state index in [0.717, 1.165) is 13.1 Å². The normalized spacial score (nSPS) is 17.8. The predicted octanol–water partition coefficient (Wildman–Crippen LogP) is 0.719. The number of likely N-dealkylation sites (tertiary alicyclic amines) is 1. The molecule has 0 spiro atoms. The first kappa shape index (κ1) is 9.92. The maximum absolute atomic E-state index is 5.48. The van der Waals surface area contributed by atoms with E-state index in [9.17, 15) is 0 Å². The summed E-state index contributed by atoms with van der Waals surface area (Å²) in [6.07, 6.45) is 2.64. The van der Waals surface area contributed by atoms with Gasteiger partial charge in [-0.25, -0.2) is 4.68 Å². The molecule has 0 aromatic carbocycles. The summed E-state index contributed by atoms with van der Waals surface area (Å²) in [5.41, 5.74) is 5.48. The van der Waals surface area contributed by atoms with Crippen molar-refractivity contribution in [2.24, 2.45) is 0 Å². The van der Waals surface area contributed by atoms with E-state index in [1.54, 1.807) is 4.68 Å². The Bertz CT molecular complexity index is 305. The molecule has 2 N–H and O–H groups in total. The molecule has 78 valence electrons. The third-order valence-corrected chi connectivity index (χ3v) is 3.06. The summed E-state index contributed by atoms with van der Waals surface area (Å²) in [5.74, 6) is 0.332. The van der Waals surface area contributed by atoms with Gasteiger partial charge in [-0.1, -0.05) is 0 Å². The standard InChI is InChI=1S/C8H14BrN5/c9-7-11-8(10)12-14(7)6-5-13-3-1-2-4-13/h1-6H2,(H2,10,12). The van der Waals surface area contributed by atoms with Gasteiger partial charge in [-0.15, -0.1) is 5.10 Å². The van der Waals surface area contributed by atoms with Gasteiger partial charge in [0, 0.05) is 6.54 Å². The topological polar surface area (TPSA) is 60.0 Å². The Morgan fingerprint density at radius 1 is 1.29 bits per heavy atom. The minimum atomic E-state index is 0.332. The van der Waals surface area contributed by atoms with Crippen LogP contribution in [0.4, 0.5) is 5.95 Å². The fraction of sp³-hybridized carbons (Fsp3) is 0.750. The fourth-order valence-electron chi connectivity index (χ4n) is 1.72. The average Bonchev–Trinajstić information content (AvgIpc) is 2.72. The molecule has 2 heterocycles. The first-order valence-corrected chi connectivity index (χ1v) is 5.63. The lowest BCUT2D eigenvalue weighted by Gasteiger charge is -2.13. The molecule has 0 atom stereocenters. The van der Waals surface area contributed by atoms with Gasteiger partial charge in [0.1, 0.15) is 0 Å². The van der Waals surface area contributed by atoms with E-state index in [1.807, 2.05) is 0 Å². The van der Waals surface area contributed by atoms with Crippen LogP contribution in [-0.4, -0.2) is 39.3 Å². The number of hydrogen-bond donors (Lipinski definition) is 1. The molecule has 1 aromatic rings. The molecule has 5 nitrogen and oxygen atoms in total. The zero-order valence-corrected chi connectivity index (χ0v) is 9.57. The van der Waals surface area contributed by atoms with E-state index in [1.165, 1.54) is 25.9 Å². The molecule has 1 fully saturated rings. The van der Waals surface area contributed by atoms with Gasteiger partial charge in [0.25, 0.3) is 0 Å². The molecule has 14 heavy (non-hydrogen) atoms. The number of nitrogens with zero attached hydrogens (tertiary/aromatic N) is 4. The van der Waals surface area contributed by atoms with Crippen molar-refractivity contribution in [3.05, 3.63) is 4.73 Å². The van der Waals surface area contributed by atoms with Crippen molar-refractivity contribution in [1.82, 2.24) is 19.7 Å². The van der Waals surface area contributed by atoms with Gasteiger partial charge < -0.3 is 10.6 Å². The smallest absolute Gasteiger partial charge is 0.240 e. The molecule has 6 heteroatoms. The first-order chi connectivity index (χ1) is 6.75. The van der Waals surface area contributed by atoms with Crippen molar-refractivity contribution in [1.29, 1.82) is 0 Å². The lowest BCUT2D eigenvalue weighted by Crippen LogP contribution is -2.24. The van der Waals surface area contributed by atoms with Gasteiger partial charge in [0.05, 0.1) is 6.54 Å². The van der Waals surface area contributed by atoms with Crippen LogP contribution in [0.5, 0.6) is 0 Å². The zero-order valence-electron chi connectivity index (χ0n) is 7.99. The molecule has 1 aliphatic heterocycles. The average molecular weight is 260 g/mol. The Morgan fingerprint density at radius 2 is 2.00 bits per heavy atom. The highest BCUT2D eigenvalue weighted by atomic mass is 79.9. The Morgan fingerprint density at radius 3 is 2.57 bits per heavy atom. The maximum atomic E-state index is 5.48. The summed E-state index contributed by atoms with van der Waals surface area (Å²) in [6.45, 7) is 4.30. The summed E-state index contributed by atoms with van der Waals surface area (Å²) >= 11 is 3.32. The number of aromatic nitrogens is 3. The van der Waals surface area contributed by atoms with Crippen molar-refractivity contribution < 1.29 is 0 Å². The summed E-state index contributed by atoms with van der Waals surface area (Å²) in [5, 5.41) is 4.08. The second-order valence-corrected chi connectivity index (χ2v) is 4.22. The molecule has 0 bridgehead atoms. The van der Waals surface area contributed by atoms with Gasteiger partial charge in [-0.2, -0.15) is 4.98 Å². The summed E-state index contributed by atoms with van der Waals surface area (Å²) in [4.78, 5) is 6.42. The number of hydrogen-bond acceptors (Lipinski definition) is 4. The second-order valence-electron chi connectivity index (χ2n) is 3.51. The van der Waals surface area contributed by atoms with Gasteiger partial charge in [-0.05, 0) is 41.9 Å². The first-order valence-electron chi connectivity index (χ1n) is 4.84. The summed E-state index contributed by atoms with van der Waals surface area (Å²) in [6, 6.07) is 0. The number of halogens is 1. The van der Waals surface area contributed by atoms with Gasteiger partial charge in [0.2, 0.25) is 5.95 Å². The summed E-state index contributed by atoms with van der Waals surface area (Å²) < 4.78 is 2.52. The summed E-state index contributed by atoms with van der Waals surface area (Å²) in [7, 11) is 0. The van der Waals surface area contributed by atoms with Crippen molar-refractivity contribution >= 4 is 21.9 Å². The number of nitrogens with two attached hydrogens (primary N) is 1. The van der Waals surface area contributed by atoms with Crippen LogP contribution >= 0.6 is 15.9 Å². The highest BCUT2D eigenvalue weighted by Gasteiger charge is 2.12. The highest BCUT2D eigenvalue weighted by molar-refractivity contribution is 9.10. The molecule has 1 saturated heterocycles. The third kappa shape index (κ3) is 2.24. The molecule has 2 rings (SSSR count). The van der Waals surface area contributed by atoms with E-state index in [0.29, 0.717) is 10.7 Å². The Balaban J connectivity index is 1.87. The van der Waals surface area contributed by atoms with E-state index < -0.39 is 0 Å². The quantitative estimate of drug-likeness (QED) is 0.869. The van der Waals surface area contributed by atoms with Crippen molar-refractivity contribution in [3.8, 4) is 0 Å². The molecule has 0 radical (unpaired) electrons. The van der Waals surface area contributed by atoms with Gasteiger partial charge >= 0.3 is 0 Å². The van der Waals surface area contributed by atoms with Crippen LogP contribution in [0.1, 0.15) is 12.8 Å². The molecule has 0 saturated carbocycles. The van der Waals surface area contributed by atoms with Crippen molar-refractivity contribution in [2.45, 2.75) is 19.4 Å². The number of rotatable bonds is 3. The monoisotopic (exact) mass is 259 g/mol. The molecule has 1 aromatic heterocycles. The molecule has 0 amide bonds. The molecule has 0 aliphatic carbocycles. The largest absolute Gasteiger partial charge is 0.366 e. The van der Waals surface area contributed by atoms with Gasteiger partial charge in [-0.3, -0.25) is 0 Å². The van der Waals surface area contributed by atoms with E-state index >= 15 is 0 Å². The van der Waals surface area contributed by atoms with Crippen LogP contribution in [0.3, 0.4) is 0 Å². The predicted molar refractivity (Wildman–Crippen MR) is 57.8 cm³/mol. The van der Waals surface area contributed by atoms with Gasteiger partial charge in [0.15, 0.2) is 4.73 Å². The van der Waals surface area contributed by atoms with Crippen LogP contribution in [0, 0.1) is 0 Å². The van der Waals surface area contributed by atoms with Crippen LogP contribution in [0.15, 0.2) is 4.73 Å². The zero-order chi connectivity index (χ0) is 9.97. The van der Waals surface area contributed by atoms with E-state index in [-0.39, 0.29) is 0 Å². The highest BCUT2D eigenvalue weighted by Crippen LogP contribution is 2.10. The maximum Gasteiger partial charge on any atom is 0.240 e. The van der Waals surface area contributed by atoms with Crippen LogP contribution < -0.4 is 5.73 Å². The lowest BCUT2D eigenvalue weighted by molar-refractivity contribution is 0.314. The minimum absolute atomic E-state index is 0.332. The number of anilines is 1. The second kappa shape index (κ2) is 4.27. The van der Waals surface area contributed by atoms with Crippen molar-refractivity contribution in [2.75, 3.05) is 25.4 Å². The van der Waals surface area contributed by atoms with E-state index in [4.69, 9.17) is 5.73 Å². The number of nitrogen functional groups attached to an aromatic ring is 1. The lowest BCUT2D eigenvalue weighted by atomic mass is 10.4. The van der Waals surface area contributed by atoms with Crippen LogP contribution in [0.2, 0.25) is 0 Å². The molecular formula is C8H14BrN5. The molecular weight excluding hydrogens is 246 g/mol. The van der Waals surface area contributed by atoms with Crippen LogP contribution in [-0.2, 0) is 6.54 Å². The Hall–Kier alpha value is -0.620. The fourth-order valence-corrected chi connectivity index (χ4v) is 2.16. The SMILES string of the molecule is Nc1nc(Br)n(CCN2CCCC2)n1. The third-order valence-electron chi connectivity index (χ3n) is 2.47. The minimum Gasteiger partial charge on any atom is -0.366 e.